The molecular weight excluding hydrogens is 380 g/mol. The molecule has 0 fully saturated rings. The molecule has 26 heavy (non-hydrogen) atoms. The lowest BCUT2D eigenvalue weighted by Gasteiger charge is -2.12. The van der Waals surface area contributed by atoms with Gasteiger partial charge < -0.3 is 9.52 Å². The number of benzene rings is 2. The van der Waals surface area contributed by atoms with E-state index in [0.29, 0.717) is 21.7 Å². The largest absolute Gasteiger partial charge is 0.419 e. The summed E-state index contributed by atoms with van der Waals surface area (Å²) in [5.41, 5.74) is 1.32. The molecule has 7 nitrogen and oxygen atoms in total. The smallest absolute Gasteiger partial charge is 0.408 e. The van der Waals surface area contributed by atoms with Crippen molar-refractivity contribution in [3.05, 3.63) is 63.6 Å². The third-order valence-electron chi connectivity index (χ3n) is 4.02. The fourth-order valence-corrected chi connectivity index (χ4v) is 3.83. The van der Waals surface area contributed by atoms with Gasteiger partial charge in [0.2, 0.25) is 10.0 Å². The second kappa shape index (κ2) is 7.24. The number of rotatable bonds is 6. The number of aliphatic hydroxyl groups is 1. The summed E-state index contributed by atoms with van der Waals surface area (Å²) in [6.45, 7) is 0.0400. The summed E-state index contributed by atoms with van der Waals surface area (Å²) in [5.74, 6) is -0.563. The number of aryl methyl sites for hydroxylation is 1. The van der Waals surface area contributed by atoms with Gasteiger partial charge in [-0.1, -0.05) is 23.7 Å². The van der Waals surface area contributed by atoms with Crippen LogP contribution in [0.4, 0.5) is 0 Å². The Morgan fingerprint density at radius 2 is 2.04 bits per heavy atom. The number of halogens is 1. The van der Waals surface area contributed by atoms with Crippen molar-refractivity contribution in [1.29, 1.82) is 0 Å². The van der Waals surface area contributed by atoms with Crippen molar-refractivity contribution >= 4 is 32.7 Å². The van der Waals surface area contributed by atoms with Gasteiger partial charge in [-0.05, 0) is 42.3 Å². The maximum Gasteiger partial charge on any atom is 0.419 e. The van der Waals surface area contributed by atoms with E-state index in [1.165, 1.54) is 29.8 Å². The molecule has 0 amide bonds. The first kappa shape index (κ1) is 18.7. The van der Waals surface area contributed by atoms with Crippen LogP contribution in [0.5, 0.6) is 0 Å². The summed E-state index contributed by atoms with van der Waals surface area (Å²) in [6, 6.07) is 10.9. The van der Waals surface area contributed by atoms with E-state index in [1.807, 2.05) is 0 Å². The molecule has 3 rings (SSSR count). The van der Waals surface area contributed by atoms with E-state index in [2.05, 4.69) is 4.72 Å². The van der Waals surface area contributed by atoms with E-state index < -0.39 is 21.9 Å². The first-order valence-electron chi connectivity index (χ1n) is 7.81. The Morgan fingerprint density at radius 3 is 2.77 bits per heavy atom. The molecule has 1 heterocycles. The molecular formula is C17H17ClN2O5S. The van der Waals surface area contributed by atoms with Crippen LogP contribution in [-0.2, 0) is 17.1 Å². The zero-order valence-corrected chi connectivity index (χ0v) is 15.4. The lowest BCUT2D eigenvalue weighted by molar-refractivity contribution is 0.169. The van der Waals surface area contributed by atoms with Crippen LogP contribution in [0.2, 0.25) is 5.02 Å². The predicted molar refractivity (Wildman–Crippen MR) is 97.7 cm³/mol. The number of hydrogen-bond acceptors (Lipinski definition) is 5. The summed E-state index contributed by atoms with van der Waals surface area (Å²) >= 11 is 5.88. The van der Waals surface area contributed by atoms with Crippen LogP contribution >= 0.6 is 11.6 Å². The third-order valence-corrected chi connectivity index (χ3v) is 5.71. The minimum atomic E-state index is -3.79. The monoisotopic (exact) mass is 396 g/mol. The standard InChI is InChI=1S/C17H17ClN2O5S/c1-20-14-10-13(5-6-16(14)25-17(20)22)26(23,24)19-8-7-15(21)11-3-2-4-12(18)9-11/h2-6,9-10,15,19,21H,7-8H2,1H3. The maximum atomic E-state index is 12.4. The number of hydrogen-bond donors (Lipinski definition) is 2. The van der Waals surface area contributed by atoms with Gasteiger partial charge in [-0.2, -0.15) is 0 Å². The van der Waals surface area contributed by atoms with Crippen molar-refractivity contribution in [1.82, 2.24) is 9.29 Å². The predicted octanol–water partition coefficient (Wildman–Crippen LogP) is 2.19. The topological polar surface area (TPSA) is 102 Å². The van der Waals surface area contributed by atoms with E-state index >= 15 is 0 Å². The number of nitrogens with one attached hydrogen (secondary N) is 1. The molecule has 0 aliphatic carbocycles. The Kier molecular flexibility index (Phi) is 5.19. The average molecular weight is 397 g/mol. The second-order valence-electron chi connectivity index (χ2n) is 5.81. The number of oxazole rings is 1. The fourth-order valence-electron chi connectivity index (χ4n) is 2.57. The summed E-state index contributed by atoms with van der Waals surface area (Å²) < 4.78 is 33.5. The number of nitrogens with zero attached hydrogens (tertiary/aromatic N) is 1. The van der Waals surface area contributed by atoms with Gasteiger partial charge in [-0.25, -0.2) is 17.9 Å². The van der Waals surface area contributed by atoms with Gasteiger partial charge in [0, 0.05) is 18.6 Å². The quantitative estimate of drug-likeness (QED) is 0.665. The van der Waals surface area contributed by atoms with Crippen LogP contribution in [0.1, 0.15) is 18.1 Å². The van der Waals surface area contributed by atoms with E-state index in [-0.39, 0.29) is 17.9 Å². The Morgan fingerprint density at radius 1 is 1.27 bits per heavy atom. The SMILES string of the molecule is Cn1c(=O)oc2ccc(S(=O)(=O)NCCC(O)c3cccc(Cl)c3)cc21. The highest BCUT2D eigenvalue weighted by atomic mass is 35.5. The van der Waals surface area contributed by atoms with Crippen molar-refractivity contribution in [2.45, 2.75) is 17.4 Å². The lowest BCUT2D eigenvalue weighted by atomic mass is 10.1. The Labute approximate surface area is 154 Å². The lowest BCUT2D eigenvalue weighted by Crippen LogP contribution is -2.26. The molecule has 0 aliphatic heterocycles. The van der Waals surface area contributed by atoms with Crippen molar-refractivity contribution in [3.8, 4) is 0 Å². The maximum absolute atomic E-state index is 12.4. The van der Waals surface area contributed by atoms with E-state index in [9.17, 15) is 18.3 Å². The Hall–Kier alpha value is -2.13. The van der Waals surface area contributed by atoms with E-state index in [1.54, 1.807) is 24.3 Å². The molecule has 0 bridgehead atoms. The molecule has 1 atom stereocenters. The molecule has 138 valence electrons. The van der Waals surface area contributed by atoms with Gasteiger partial charge >= 0.3 is 5.76 Å². The van der Waals surface area contributed by atoms with Gasteiger partial charge in [-0.15, -0.1) is 0 Å². The van der Waals surface area contributed by atoms with Crippen LogP contribution < -0.4 is 10.5 Å². The molecule has 0 radical (unpaired) electrons. The molecule has 2 aromatic carbocycles. The summed E-state index contributed by atoms with van der Waals surface area (Å²) in [6.07, 6.45) is -0.653. The van der Waals surface area contributed by atoms with Crippen molar-refractivity contribution in [3.63, 3.8) is 0 Å². The zero-order valence-electron chi connectivity index (χ0n) is 13.8. The molecule has 0 spiro atoms. The minimum Gasteiger partial charge on any atom is -0.408 e. The van der Waals surface area contributed by atoms with E-state index in [0.717, 1.165) is 0 Å². The van der Waals surface area contributed by atoms with Crippen LogP contribution in [0.25, 0.3) is 11.1 Å². The highest BCUT2D eigenvalue weighted by Gasteiger charge is 2.17. The first-order chi connectivity index (χ1) is 12.3. The molecule has 0 saturated carbocycles. The molecule has 2 N–H and O–H groups in total. The van der Waals surface area contributed by atoms with Crippen molar-refractivity contribution in [2.75, 3.05) is 6.54 Å². The van der Waals surface area contributed by atoms with Crippen LogP contribution in [0.15, 0.2) is 56.6 Å². The van der Waals surface area contributed by atoms with Crippen LogP contribution in [0.3, 0.4) is 0 Å². The first-order valence-corrected chi connectivity index (χ1v) is 9.67. The number of aromatic nitrogens is 1. The summed E-state index contributed by atoms with van der Waals surface area (Å²) in [7, 11) is -2.29. The molecule has 3 aromatic rings. The number of sulfonamides is 1. The zero-order chi connectivity index (χ0) is 18.9. The second-order valence-corrected chi connectivity index (χ2v) is 8.02. The van der Waals surface area contributed by atoms with Crippen LogP contribution in [-0.4, -0.2) is 24.6 Å². The van der Waals surface area contributed by atoms with Gasteiger partial charge in [0.1, 0.15) is 0 Å². The molecule has 9 heteroatoms. The van der Waals surface area contributed by atoms with Gasteiger partial charge in [0.25, 0.3) is 0 Å². The summed E-state index contributed by atoms with van der Waals surface area (Å²) in [4.78, 5) is 11.5. The molecule has 0 saturated heterocycles. The van der Waals surface area contributed by atoms with Crippen LogP contribution in [0, 0.1) is 0 Å². The van der Waals surface area contributed by atoms with Gasteiger partial charge in [0.15, 0.2) is 5.58 Å². The highest BCUT2D eigenvalue weighted by molar-refractivity contribution is 7.89. The van der Waals surface area contributed by atoms with Gasteiger partial charge in [-0.3, -0.25) is 4.57 Å². The number of aliphatic hydroxyl groups excluding tert-OH is 1. The van der Waals surface area contributed by atoms with Crippen molar-refractivity contribution < 1.29 is 17.9 Å². The van der Waals surface area contributed by atoms with E-state index in [4.69, 9.17) is 16.0 Å². The molecule has 1 aromatic heterocycles. The summed E-state index contributed by atoms with van der Waals surface area (Å²) in [5, 5.41) is 10.7. The Bertz CT molecular complexity index is 1100. The van der Waals surface area contributed by atoms with Crippen molar-refractivity contribution in [2.24, 2.45) is 7.05 Å². The van der Waals surface area contributed by atoms with Gasteiger partial charge in [0.05, 0.1) is 16.5 Å². The molecule has 1 unspecified atom stereocenters. The fraction of sp³-hybridized carbons (Fsp3) is 0.235. The number of fused-ring (bicyclic) bond motifs is 1. The average Bonchev–Trinajstić information content (AvgIpc) is 2.88. The third kappa shape index (κ3) is 3.83. The normalized spacial score (nSPS) is 13.2. The highest BCUT2D eigenvalue weighted by Crippen LogP contribution is 2.21. The molecule has 0 aliphatic rings. The minimum absolute atomic E-state index is 0.0126. The Balaban J connectivity index is 1.71.